The predicted octanol–water partition coefficient (Wildman–Crippen LogP) is 2.77. The van der Waals surface area contributed by atoms with Crippen molar-refractivity contribution in [3.05, 3.63) is 48.0 Å². The Morgan fingerprint density at radius 1 is 1.40 bits per heavy atom. The number of nitrogens with one attached hydrogen (secondary N) is 1. The van der Waals surface area contributed by atoms with Crippen LogP contribution in [0.4, 0.5) is 4.39 Å². The molecule has 0 amide bonds. The van der Waals surface area contributed by atoms with Gasteiger partial charge in [-0.25, -0.2) is 4.39 Å². The monoisotopic (exact) mass is 277 g/mol. The Hall–Kier alpha value is -1.88. The van der Waals surface area contributed by atoms with Crippen molar-refractivity contribution in [2.24, 2.45) is 0 Å². The Labute approximate surface area is 118 Å². The fraction of sp³-hybridized carbons (Fsp3) is 0.400. The zero-order valence-electron chi connectivity index (χ0n) is 12.0. The molecule has 0 fully saturated rings. The molecule has 0 aliphatic carbocycles. The highest BCUT2D eigenvalue weighted by atomic mass is 19.1. The summed E-state index contributed by atoms with van der Waals surface area (Å²) in [5.74, 6) is -0.0636. The first-order chi connectivity index (χ1) is 9.61. The van der Waals surface area contributed by atoms with Crippen LogP contribution in [0, 0.1) is 5.82 Å². The third kappa shape index (κ3) is 3.36. The van der Waals surface area contributed by atoms with Crippen molar-refractivity contribution in [3.63, 3.8) is 0 Å². The maximum absolute atomic E-state index is 13.6. The van der Waals surface area contributed by atoms with Crippen molar-refractivity contribution in [2.45, 2.75) is 32.5 Å². The summed E-state index contributed by atoms with van der Waals surface area (Å²) < 4.78 is 20.4. The van der Waals surface area contributed by atoms with E-state index < -0.39 is 0 Å². The summed E-state index contributed by atoms with van der Waals surface area (Å²) in [6.45, 7) is 4.79. The van der Waals surface area contributed by atoms with E-state index in [1.807, 2.05) is 23.0 Å². The maximum atomic E-state index is 13.6. The molecule has 2 rings (SSSR count). The lowest BCUT2D eigenvalue weighted by Crippen LogP contribution is -2.33. The first-order valence-electron chi connectivity index (χ1n) is 6.66. The van der Waals surface area contributed by atoms with Crippen molar-refractivity contribution < 1.29 is 9.13 Å². The van der Waals surface area contributed by atoms with Crippen LogP contribution in [0.25, 0.3) is 0 Å². The lowest BCUT2D eigenvalue weighted by Gasteiger charge is -2.22. The second kappa shape index (κ2) is 6.52. The van der Waals surface area contributed by atoms with Crippen LogP contribution < -0.4 is 10.1 Å². The van der Waals surface area contributed by atoms with Gasteiger partial charge in [0, 0.05) is 25.0 Å². The molecule has 1 aromatic heterocycles. The van der Waals surface area contributed by atoms with Crippen LogP contribution in [0.1, 0.15) is 25.5 Å². The normalized spacial score (nSPS) is 14.0. The van der Waals surface area contributed by atoms with Gasteiger partial charge in [0.15, 0.2) is 11.6 Å². The summed E-state index contributed by atoms with van der Waals surface area (Å²) in [6, 6.07) is 7.36. The number of aromatic nitrogens is 2. The van der Waals surface area contributed by atoms with Gasteiger partial charge in [-0.05, 0) is 37.6 Å². The first-order valence-corrected chi connectivity index (χ1v) is 6.66. The van der Waals surface area contributed by atoms with E-state index in [-0.39, 0.29) is 23.7 Å². The minimum atomic E-state index is -0.334. The molecule has 20 heavy (non-hydrogen) atoms. The molecule has 0 saturated carbocycles. The SMILES string of the molecule is COc1ccc(CN[C@@H](C)[C@@H](C)n2cccn2)cc1F. The highest BCUT2D eigenvalue weighted by molar-refractivity contribution is 5.29. The first kappa shape index (κ1) is 14.5. The van der Waals surface area contributed by atoms with Gasteiger partial charge >= 0.3 is 0 Å². The third-order valence-corrected chi connectivity index (χ3v) is 3.51. The molecule has 0 bridgehead atoms. The predicted molar refractivity (Wildman–Crippen MR) is 76.2 cm³/mol. The van der Waals surface area contributed by atoms with Crippen LogP contribution in [0.15, 0.2) is 36.7 Å². The highest BCUT2D eigenvalue weighted by Gasteiger charge is 2.13. The fourth-order valence-corrected chi connectivity index (χ4v) is 2.02. The van der Waals surface area contributed by atoms with E-state index in [1.165, 1.54) is 13.2 Å². The van der Waals surface area contributed by atoms with Crippen molar-refractivity contribution >= 4 is 0 Å². The summed E-state index contributed by atoms with van der Waals surface area (Å²) in [4.78, 5) is 0. The molecule has 2 aromatic rings. The lowest BCUT2D eigenvalue weighted by molar-refractivity contribution is 0.364. The molecule has 0 spiro atoms. The molecule has 4 nitrogen and oxygen atoms in total. The van der Waals surface area contributed by atoms with E-state index in [4.69, 9.17) is 4.74 Å². The largest absolute Gasteiger partial charge is 0.494 e. The van der Waals surface area contributed by atoms with E-state index in [1.54, 1.807) is 12.3 Å². The van der Waals surface area contributed by atoms with E-state index in [0.717, 1.165) is 5.56 Å². The maximum Gasteiger partial charge on any atom is 0.165 e. The molecule has 0 radical (unpaired) electrons. The van der Waals surface area contributed by atoms with Gasteiger partial charge in [0.1, 0.15) is 0 Å². The zero-order valence-corrected chi connectivity index (χ0v) is 12.0. The second-order valence-corrected chi connectivity index (χ2v) is 4.87. The fourth-order valence-electron chi connectivity index (χ4n) is 2.02. The van der Waals surface area contributed by atoms with Crippen LogP contribution in [-0.2, 0) is 6.54 Å². The lowest BCUT2D eigenvalue weighted by atomic mass is 10.1. The molecule has 1 heterocycles. The minimum Gasteiger partial charge on any atom is -0.494 e. The van der Waals surface area contributed by atoms with Gasteiger partial charge in [-0.3, -0.25) is 4.68 Å². The molecule has 1 aromatic carbocycles. The standard InChI is InChI=1S/C15H20FN3O/c1-11(12(2)19-8-4-7-18-19)17-10-13-5-6-15(20-3)14(16)9-13/h4-9,11-12,17H,10H2,1-3H3/t11-,12+/m0/s1. The Morgan fingerprint density at radius 2 is 2.20 bits per heavy atom. The molecule has 0 unspecified atom stereocenters. The summed E-state index contributed by atoms with van der Waals surface area (Å²) >= 11 is 0. The average Bonchev–Trinajstić information content (AvgIpc) is 2.98. The summed E-state index contributed by atoms with van der Waals surface area (Å²) in [5, 5.41) is 7.61. The van der Waals surface area contributed by atoms with Crippen molar-refractivity contribution in [1.29, 1.82) is 0 Å². The quantitative estimate of drug-likeness (QED) is 0.882. The summed E-state index contributed by atoms with van der Waals surface area (Å²) in [7, 11) is 1.46. The average molecular weight is 277 g/mol. The van der Waals surface area contributed by atoms with Crippen LogP contribution in [-0.4, -0.2) is 22.9 Å². The Morgan fingerprint density at radius 3 is 2.80 bits per heavy atom. The van der Waals surface area contributed by atoms with Crippen molar-refractivity contribution in [3.8, 4) is 5.75 Å². The number of ether oxygens (including phenoxy) is 1. The Kier molecular flexibility index (Phi) is 4.74. The van der Waals surface area contributed by atoms with E-state index >= 15 is 0 Å². The molecular formula is C15H20FN3O. The number of hydrogen-bond donors (Lipinski definition) is 1. The third-order valence-electron chi connectivity index (χ3n) is 3.51. The van der Waals surface area contributed by atoms with E-state index in [0.29, 0.717) is 6.54 Å². The van der Waals surface area contributed by atoms with Gasteiger partial charge in [0.05, 0.1) is 13.2 Å². The Balaban J connectivity index is 1.93. The van der Waals surface area contributed by atoms with Crippen LogP contribution >= 0.6 is 0 Å². The summed E-state index contributed by atoms with van der Waals surface area (Å²) in [6.07, 6.45) is 3.71. The Bertz CT molecular complexity index is 542. The van der Waals surface area contributed by atoms with Crippen molar-refractivity contribution in [2.75, 3.05) is 7.11 Å². The number of hydrogen-bond acceptors (Lipinski definition) is 3. The molecular weight excluding hydrogens is 257 g/mol. The highest BCUT2D eigenvalue weighted by Crippen LogP contribution is 2.18. The number of methoxy groups -OCH3 is 1. The molecule has 0 aliphatic heterocycles. The molecule has 5 heteroatoms. The number of halogens is 1. The van der Waals surface area contributed by atoms with Crippen LogP contribution in [0.3, 0.4) is 0 Å². The summed E-state index contributed by atoms with van der Waals surface area (Å²) in [5.41, 5.74) is 0.891. The van der Waals surface area contributed by atoms with E-state index in [2.05, 4.69) is 24.3 Å². The molecule has 108 valence electrons. The molecule has 1 N–H and O–H groups in total. The van der Waals surface area contributed by atoms with Crippen molar-refractivity contribution in [1.82, 2.24) is 15.1 Å². The van der Waals surface area contributed by atoms with Crippen LogP contribution in [0.2, 0.25) is 0 Å². The van der Waals surface area contributed by atoms with Gasteiger partial charge < -0.3 is 10.1 Å². The van der Waals surface area contributed by atoms with E-state index in [9.17, 15) is 4.39 Å². The number of rotatable bonds is 6. The van der Waals surface area contributed by atoms with Gasteiger partial charge in [0.25, 0.3) is 0 Å². The van der Waals surface area contributed by atoms with Gasteiger partial charge in [-0.1, -0.05) is 6.07 Å². The topological polar surface area (TPSA) is 39.1 Å². The smallest absolute Gasteiger partial charge is 0.165 e. The molecule has 2 atom stereocenters. The zero-order chi connectivity index (χ0) is 14.5. The van der Waals surface area contributed by atoms with Gasteiger partial charge in [0.2, 0.25) is 0 Å². The number of nitrogens with zero attached hydrogens (tertiary/aromatic N) is 2. The molecule has 0 saturated heterocycles. The second-order valence-electron chi connectivity index (χ2n) is 4.87. The van der Waals surface area contributed by atoms with Crippen LogP contribution in [0.5, 0.6) is 5.75 Å². The minimum absolute atomic E-state index is 0.222. The molecule has 0 aliphatic rings. The van der Waals surface area contributed by atoms with Gasteiger partial charge in [-0.15, -0.1) is 0 Å². The van der Waals surface area contributed by atoms with Gasteiger partial charge in [-0.2, -0.15) is 5.10 Å². The number of benzene rings is 1.